The predicted molar refractivity (Wildman–Crippen MR) is 76.2 cm³/mol. The molecule has 0 bridgehead atoms. The molecule has 20 heavy (non-hydrogen) atoms. The lowest BCUT2D eigenvalue weighted by Gasteiger charge is -2.13. The van der Waals surface area contributed by atoms with Crippen LogP contribution < -0.4 is 4.74 Å². The minimum atomic E-state index is -0.388. The molecule has 1 unspecified atom stereocenters. The molecule has 0 amide bonds. The first-order valence-corrected chi connectivity index (χ1v) is 6.42. The summed E-state index contributed by atoms with van der Waals surface area (Å²) in [6.45, 7) is 1.99. The molecule has 2 nitrogen and oxygen atoms in total. The van der Waals surface area contributed by atoms with Crippen LogP contribution in [0, 0.1) is 24.1 Å². The molecule has 0 N–H and O–H groups in total. The van der Waals surface area contributed by atoms with Crippen LogP contribution in [-0.2, 0) is 6.42 Å². The van der Waals surface area contributed by atoms with E-state index in [0.29, 0.717) is 12.0 Å². The maximum atomic E-state index is 13.3. The van der Waals surface area contributed by atoms with E-state index in [1.54, 1.807) is 19.2 Å². The second kappa shape index (κ2) is 6.21. The van der Waals surface area contributed by atoms with E-state index >= 15 is 0 Å². The SMILES string of the molecule is COc1ccc(C)cc1CC(C#N)c1cccc(F)c1. The van der Waals surface area contributed by atoms with Gasteiger partial charge in [-0.15, -0.1) is 0 Å². The average molecular weight is 269 g/mol. The van der Waals surface area contributed by atoms with Crippen LogP contribution in [0.15, 0.2) is 42.5 Å². The highest BCUT2D eigenvalue weighted by Crippen LogP contribution is 2.27. The normalized spacial score (nSPS) is 11.7. The van der Waals surface area contributed by atoms with E-state index in [4.69, 9.17) is 4.74 Å². The third kappa shape index (κ3) is 3.16. The number of ether oxygens (including phenoxy) is 1. The molecule has 0 heterocycles. The van der Waals surface area contributed by atoms with Crippen molar-refractivity contribution in [1.82, 2.24) is 0 Å². The summed E-state index contributed by atoms with van der Waals surface area (Å²) in [4.78, 5) is 0. The first-order chi connectivity index (χ1) is 9.63. The van der Waals surface area contributed by atoms with E-state index < -0.39 is 0 Å². The minimum Gasteiger partial charge on any atom is -0.496 e. The third-order valence-corrected chi connectivity index (χ3v) is 3.27. The largest absolute Gasteiger partial charge is 0.496 e. The summed E-state index contributed by atoms with van der Waals surface area (Å²) in [5.74, 6) is 0.0487. The average Bonchev–Trinajstić information content (AvgIpc) is 2.45. The Morgan fingerprint density at radius 2 is 2.05 bits per heavy atom. The summed E-state index contributed by atoms with van der Waals surface area (Å²) < 4.78 is 18.6. The number of rotatable bonds is 4. The van der Waals surface area contributed by atoms with Crippen molar-refractivity contribution >= 4 is 0 Å². The van der Waals surface area contributed by atoms with E-state index in [0.717, 1.165) is 16.9 Å². The van der Waals surface area contributed by atoms with Crippen LogP contribution >= 0.6 is 0 Å². The van der Waals surface area contributed by atoms with Crippen molar-refractivity contribution < 1.29 is 9.13 Å². The van der Waals surface area contributed by atoms with Gasteiger partial charge in [0.2, 0.25) is 0 Å². The van der Waals surface area contributed by atoms with Gasteiger partial charge < -0.3 is 4.74 Å². The number of halogens is 1. The van der Waals surface area contributed by atoms with Crippen LogP contribution in [-0.4, -0.2) is 7.11 Å². The van der Waals surface area contributed by atoms with Gasteiger partial charge in [0.15, 0.2) is 0 Å². The van der Waals surface area contributed by atoms with Crippen LogP contribution in [0.1, 0.15) is 22.6 Å². The first kappa shape index (κ1) is 14.1. The van der Waals surface area contributed by atoms with Gasteiger partial charge in [-0.05, 0) is 42.7 Å². The number of hydrogen-bond donors (Lipinski definition) is 0. The van der Waals surface area contributed by atoms with Gasteiger partial charge in [0.05, 0.1) is 19.1 Å². The lowest BCUT2D eigenvalue weighted by atomic mass is 9.92. The lowest BCUT2D eigenvalue weighted by molar-refractivity contribution is 0.409. The maximum Gasteiger partial charge on any atom is 0.123 e. The number of hydrogen-bond acceptors (Lipinski definition) is 2. The fraction of sp³-hybridized carbons (Fsp3) is 0.235. The molecule has 0 saturated carbocycles. The molecule has 0 aromatic heterocycles. The maximum absolute atomic E-state index is 13.3. The molecule has 3 heteroatoms. The van der Waals surface area contributed by atoms with Crippen LogP contribution in [0.2, 0.25) is 0 Å². The monoisotopic (exact) mass is 269 g/mol. The highest BCUT2D eigenvalue weighted by Gasteiger charge is 2.15. The highest BCUT2D eigenvalue weighted by molar-refractivity contribution is 5.39. The molecule has 0 aliphatic carbocycles. The van der Waals surface area contributed by atoms with Crippen molar-refractivity contribution in [3.63, 3.8) is 0 Å². The van der Waals surface area contributed by atoms with Crippen LogP contribution in [0.25, 0.3) is 0 Å². The van der Waals surface area contributed by atoms with Crippen molar-refractivity contribution in [2.24, 2.45) is 0 Å². The molecule has 0 aliphatic heterocycles. The van der Waals surface area contributed by atoms with Crippen molar-refractivity contribution in [2.45, 2.75) is 19.3 Å². The molecule has 0 aliphatic rings. The Balaban J connectivity index is 2.32. The van der Waals surface area contributed by atoms with Crippen molar-refractivity contribution in [2.75, 3.05) is 7.11 Å². The lowest BCUT2D eigenvalue weighted by Crippen LogP contribution is -2.03. The van der Waals surface area contributed by atoms with Crippen LogP contribution in [0.4, 0.5) is 4.39 Å². The number of nitrogens with zero attached hydrogens (tertiary/aromatic N) is 1. The zero-order valence-electron chi connectivity index (χ0n) is 11.6. The molecular formula is C17H16FNO. The van der Waals surface area contributed by atoms with Gasteiger partial charge in [0, 0.05) is 0 Å². The van der Waals surface area contributed by atoms with Gasteiger partial charge >= 0.3 is 0 Å². The van der Waals surface area contributed by atoms with Gasteiger partial charge in [-0.2, -0.15) is 5.26 Å². The molecule has 2 rings (SSSR count). The van der Waals surface area contributed by atoms with Crippen molar-refractivity contribution in [1.29, 1.82) is 5.26 Å². The smallest absolute Gasteiger partial charge is 0.123 e. The van der Waals surface area contributed by atoms with Gasteiger partial charge in [0.1, 0.15) is 11.6 Å². The Kier molecular flexibility index (Phi) is 4.37. The topological polar surface area (TPSA) is 33.0 Å². The number of aryl methyl sites for hydroxylation is 1. The zero-order chi connectivity index (χ0) is 14.5. The third-order valence-electron chi connectivity index (χ3n) is 3.27. The van der Waals surface area contributed by atoms with Gasteiger partial charge in [-0.25, -0.2) is 4.39 Å². The quantitative estimate of drug-likeness (QED) is 0.840. The van der Waals surface area contributed by atoms with E-state index in [1.807, 2.05) is 25.1 Å². The fourth-order valence-corrected chi connectivity index (χ4v) is 2.25. The molecule has 102 valence electrons. The molecular weight excluding hydrogens is 253 g/mol. The second-order valence-corrected chi connectivity index (χ2v) is 4.76. The van der Waals surface area contributed by atoms with Gasteiger partial charge in [-0.1, -0.05) is 29.8 Å². The van der Waals surface area contributed by atoms with E-state index in [2.05, 4.69) is 6.07 Å². The van der Waals surface area contributed by atoms with Crippen molar-refractivity contribution in [3.05, 3.63) is 65.0 Å². The summed E-state index contributed by atoms with van der Waals surface area (Å²) in [7, 11) is 1.61. The zero-order valence-corrected chi connectivity index (χ0v) is 11.6. The fourth-order valence-electron chi connectivity index (χ4n) is 2.25. The molecule has 0 fully saturated rings. The molecule has 1 atom stereocenters. The van der Waals surface area contributed by atoms with Crippen LogP contribution in [0.3, 0.4) is 0 Å². The van der Waals surface area contributed by atoms with E-state index in [1.165, 1.54) is 12.1 Å². The summed E-state index contributed by atoms with van der Waals surface area (Å²) in [6.07, 6.45) is 0.505. The number of benzene rings is 2. The Bertz CT molecular complexity index is 646. The first-order valence-electron chi connectivity index (χ1n) is 6.42. The van der Waals surface area contributed by atoms with Crippen molar-refractivity contribution in [3.8, 4) is 11.8 Å². The van der Waals surface area contributed by atoms with Crippen LogP contribution in [0.5, 0.6) is 5.75 Å². The summed E-state index contributed by atoms with van der Waals surface area (Å²) in [5.41, 5.74) is 2.76. The Morgan fingerprint density at radius 1 is 1.25 bits per heavy atom. The van der Waals surface area contributed by atoms with E-state index in [-0.39, 0.29) is 11.7 Å². The molecule has 0 saturated heterocycles. The summed E-state index contributed by atoms with van der Waals surface area (Å²) in [5, 5.41) is 9.35. The minimum absolute atomic E-state index is 0.320. The standard InChI is InChI=1S/C17H16FNO/c1-12-6-7-17(20-2)14(8-12)9-15(11-19)13-4-3-5-16(18)10-13/h3-8,10,15H,9H2,1-2H3. The second-order valence-electron chi connectivity index (χ2n) is 4.76. The molecule has 0 spiro atoms. The Morgan fingerprint density at radius 3 is 2.70 bits per heavy atom. The molecule has 2 aromatic rings. The predicted octanol–water partition coefficient (Wildman–Crippen LogP) is 3.99. The summed E-state index contributed by atoms with van der Waals surface area (Å²) in [6, 6.07) is 14.3. The Hall–Kier alpha value is -2.34. The number of methoxy groups -OCH3 is 1. The molecule has 0 radical (unpaired) electrons. The summed E-state index contributed by atoms with van der Waals surface area (Å²) >= 11 is 0. The number of nitriles is 1. The highest BCUT2D eigenvalue weighted by atomic mass is 19.1. The molecule has 2 aromatic carbocycles. The van der Waals surface area contributed by atoms with Gasteiger partial charge in [-0.3, -0.25) is 0 Å². The Labute approximate surface area is 118 Å². The van der Waals surface area contributed by atoms with Gasteiger partial charge in [0.25, 0.3) is 0 Å². The van der Waals surface area contributed by atoms with E-state index in [9.17, 15) is 9.65 Å².